The van der Waals surface area contributed by atoms with Gasteiger partial charge >= 0.3 is 0 Å². The number of amides is 1. The zero-order chi connectivity index (χ0) is 24.7. The molecule has 35 heavy (non-hydrogen) atoms. The molecule has 0 unspecified atom stereocenters. The number of hydrogen-bond donors (Lipinski definition) is 3. The van der Waals surface area contributed by atoms with Gasteiger partial charge in [-0.3, -0.25) is 4.79 Å². The fraction of sp³-hybridized carbons (Fsp3) is 0.375. The fourth-order valence-electron chi connectivity index (χ4n) is 3.66. The third kappa shape index (κ3) is 5.15. The van der Waals surface area contributed by atoms with E-state index in [1.54, 1.807) is 30.9 Å². The number of aryl methyl sites for hydroxylation is 2. The van der Waals surface area contributed by atoms with Gasteiger partial charge in [0.05, 0.1) is 23.2 Å². The maximum atomic E-state index is 12.6. The van der Waals surface area contributed by atoms with Crippen molar-refractivity contribution in [2.45, 2.75) is 55.4 Å². The van der Waals surface area contributed by atoms with Gasteiger partial charge in [0.25, 0.3) is 5.91 Å². The minimum absolute atomic E-state index is 0.0340. The highest BCUT2D eigenvalue weighted by molar-refractivity contribution is 7.99. The Hall–Kier alpha value is -3.44. The number of carbonyl (C=O) groups excluding carboxylic acids is 1. The molecule has 1 saturated carbocycles. The van der Waals surface area contributed by atoms with Crippen molar-refractivity contribution in [3.05, 3.63) is 47.9 Å². The lowest BCUT2D eigenvalue weighted by atomic mass is 10.0. The quantitative estimate of drug-likeness (QED) is 0.343. The Balaban J connectivity index is 1.54. The van der Waals surface area contributed by atoms with Crippen molar-refractivity contribution in [2.24, 2.45) is 7.05 Å². The van der Waals surface area contributed by atoms with Crippen LogP contribution < -0.4 is 10.6 Å². The molecule has 1 fully saturated rings. The molecular weight excluding hydrogens is 464 g/mol. The summed E-state index contributed by atoms with van der Waals surface area (Å²) in [6, 6.07) is 7.97. The summed E-state index contributed by atoms with van der Waals surface area (Å²) in [6.07, 6.45) is 5.51. The van der Waals surface area contributed by atoms with Crippen molar-refractivity contribution in [1.82, 2.24) is 34.7 Å². The Bertz CT molecular complexity index is 1400. The van der Waals surface area contributed by atoms with Crippen LogP contribution in [0.2, 0.25) is 0 Å². The van der Waals surface area contributed by atoms with Gasteiger partial charge in [-0.2, -0.15) is 5.10 Å². The first kappa shape index (κ1) is 23.3. The number of carbonyl (C=O) groups is 1. The molecule has 5 rings (SSSR count). The lowest BCUT2D eigenvalue weighted by Crippen LogP contribution is -2.29. The van der Waals surface area contributed by atoms with Gasteiger partial charge in [0, 0.05) is 30.8 Å². The second-order valence-corrected chi connectivity index (χ2v) is 10.5. The number of rotatable bonds is 8. The van der Waals surface area contributed by atoms with Gasteiger partial charge in [0.2, 0.25) is 0 Å². The predicted molar refractivity (Wildman–Crippen MR) is 134 cm³/mol. The highest BCUT2D eigenvalue weighted by atomic mass is 32.2. The Kier molecular flexibility index (Phi) is 5.97. The van der Waals surface area contributed by atoms with E-state index in [1.165, 1.54) is 11.8 Å². The first-order chi connectivity index (χ1) is 16.7. The lowest BCUT2D eigenvalue weighted by Gasteiger charge is -2.19. The first-order valence-electron chi connectivity index (χ1n) is 11.5. The summed E-state index contributed by atoms with van der Waals surface area (Å²) in [7, 11) is 1.88. The molecule has 0 bridgehead atoms. The van der Waals surface area contributed by atoms with Gasteiger partial charge in [0.15, 0.2) is 10.8 Å². The summed E-state index contributed by atoms with van der Waals surface area (Å²) >= 11 is 1.39. The zero-order valence-electron chi connectivity index (χ0n) is 20.1. The molecule has 1 aliphatic rings. The van der Waals surface area contributed by atoms with Crippen LogP contribution in [0.5, 0.6) is 0 Å². The Morgan fingerprint density at radius 1 is 1.29 bits per heavy atom. The number of anilines is 1. The van der Waals surface area contributed by atoms with Crippen LogP contribution in [0.4, 0.5) is 5.69 Å². The monoisotopic (exact) mass is 492 g/mol. The van der Waals surface area contributed by atoms with E-state index in [0.29, 0.717) is 34.0 Å². The van der Waals surface area contributed by atoms with Gasteiger partial charge in [-0.25, -0.2) is 9.50 Å². The molecule has 4 aromatic rings. The fourth-order valence-corrected chi connectivity index (χ4v) is 4.43. The normalized spacial score (nSPS) is 13.9. The van der Waals surface area contributed by atoms with Gasteiger partial charge < -0.3 is 20.3 Å². The molecule has 3 N–H and O–H groups in total. The van der Waals surface area contributed by atoms with E-state index in [-0.39, 0.29) is 5.91 Å². The molecule has 182 valence electrons. The Morgan fingerprint density at radius 3 is 2.74 bits per heavy atom. The molecule has 3 heterocycles. The third-order valence-corrected chi connectivity index (χ3v) is 6.66. The van der Waals surface area contributed by atoms with Crippen molar-refractivity contribution in [2.75, 3.05) is 11.9 Å². The van der Waals surface area contributed by atoms with Gasteiger partial charge in [-0.15, -0.1) is 10.2 Å². The maximum Gasteiger partial charge on any atom is 0.251 e. The molecule has 0 spiro atoms. The van der Waals surface area contributed by atoms with Crippen molar-refractivity contribution in [1.29, 1.82) is 0 Å². The van der Waals surface area contributed by atoms with E-state index in [4.69, 9.17) is 5.10 Å². The summed E-state index contributed by atoms with van der Waals surface area (Å²) in [5.74, 6) is -0.0340. The molecule has 1 amide bonds. The van der Waals surface area contributed by atoms with Crippen LogP contribution in [0, 0.1) is 6.92 Å². The average Bonchev–Trinajstić information content (AvgIpc) is 3.36. The van der Waals surface area contributed by atoms with Crippen molar-refractivity contribution < 1.29 is 9.90 Å². The number of nitrogens with one attached hydrogen (secondary N) is 2. The van der Waals surface area contributed by atoms with Gasteiger partial charge in [0.1, 0.15) is 11.4 Å². The van der Waals surface area contributed by atoms with E-state index in [1.807, 2.05) is 42.8 Å². The molecule has 0 radical (unpaired) electrons. The number of fused-ring (bicyclic) bond motifs is 1. The second-order valence-electron chi connectivity index (χ2n) is 9.55. The minimum Gasteiger partial charge on any atom is -0.389 e. The molecule has 0 saturated heterocycles. The predicted octanol–water partition coefficient (Wildman–Crippen LogP) is 3.06. The van der Waals surface area contributed by atoms with E-state index in [2.05, 4.69) is 25.8 Å². The molecule has 3 aromatic heterocycles. The number of benzene rings is 1. The van der Waals surface area contributed by atoms with E-state index in [9.17, 15) is 9.90 Å². The molecule has 0 atom stereocenters. The lowest BCUT2D eigenvalue weighted by molar-refractivity contribution is 0.0940. The van der Waals surface area contributed by atoms with Crippen LogP contribution in [0.15, 0.2) is 47.0 Å². The summed E-state index contributed by atoms with van der Waals surface area (Å²) in [5, 5.41) is 30.9. The molecule has 1 aromatic carbocycles. The topological polar surface area (TPSA) is 122 Å². The van der Waals surface area contributed by atoms with Gasteiger partial charge in [-0.1, -0.05) is 6.07 Å². The number of hydrogen-bond acceptors (Lipinski definition) is 8. The van der Waals surface area contributed by atoms with Crippen LogP contribution in [0.3, 0.4) is 0 Å². The highest BCUT2D eigenvalue weighted by Gasteiger charge is 2.25. The molecule has 0 aliphatic heterocycles. The number of imidazole rings is 1. The number of aromatic nitrogens is 6. The summed E-state index contributed by atoms with van der Waals surface area (Å²) in [5.41, 5.74) is 3.74. The highest BCUT2D eigenvalue weighted by Crippen LogP contribution is 2.31. The van der Waals surface area contributed by atoms with Crippen LogP contribution in [0.1, 0.15) is 42.6 Å². The Labute approximate surface area is 207 Å². The summed E-state index contributed by atoms with van der Waals surface area (Å²) in [6.45, 7) is 5.77. The standard InChI is InChI=1S/C24H28N8O2S/c1-14-9-15(5-8-17(14)22(33)28-16-6-7-16)19-11-25-21-18(26-12-24(2,3)34)10-20(30-32(19)21)35-23-29-27-13-31(23)4/h5,8-11,13,16,26,34H,6-7,12H2,1-4H3,(H,28,33). The molecule has 11 heteroatoms. The van der Waals surface area contributed by atoms with Gasteiger partial charge in [-0.05, 0) is 69.1 Å². The van der Waals surface area contributed by atoms with Crippen molar-refractivity contribution in [3.63, 3.8) is 0 Å². The molecule has 1 aliphatic carbocycles. The number of nitrogens with zero attached hydrogens (tertiary/aromatic N) is 6. The van der Waals surface area contributed by atoms with Crippen LogP contribution >= 0.6 is 11.8 Å². The van der Waals surface area contributed by atoms with Crippen LogP contribution in [-0.4, -0.2) is 58.6 Å². The van der Waals surface area contributed by atoms with Crippen molar-refractivity contribution >= 4 is 29.0 Å². The Morgan fingerprint density at radius 2 is 2.09 bits per heavy atom. The average molecular weight is 493 g/mol. The third-order valence-electron chi connectivity index (χ3n) is 5.70. The summed E-state index contributed by atoms with van der Waals surface area (Å²) in [4.78, 5) is 17.2. The minimum atomic E-state index is -0.902. The first-order valence-corrected chi connectivity index (χ1v) is 12.3. The SMILES string of the molecule is Cc1cc(-c2cnc3c(NCC(C)(C)O)cc(Sc4nncn4C)nn23)ccc1C(=O)NC1CC1. The molecular formula is C24H28N8O2S. The zero-order valence-corrected chi connectivity index (χ0v) is 20.9. The summed E-state index contributed by atoms with van der Waals surface area (Å²) < 4.78 is 3.61. The largest absolute Gasteiger partial charge is 0.389 e. The van der Waals surface area contributed by atoms with Crippen molar-refractivity contribution in [3.8, 4) is 11.3 Å². The second kappa shape index (κ2) is 8.97. The van der Waals surface area contributed by atoms with E-state index >= 15 is 0 Å². The van der Waals surface area contributed by atoms with Crippen LogP contribution in [-0.2, 0) is 7.05 Å². The van der Waals surface area contributed by atoms with E-state index < -0.39 is 5.60 Å². The molecule has 10 nitrogen and oxygen atoms in total. The van der Waals surface area contributed by atoms with E-state index in [0.717, 1.165) is 35.3 Å². The van der Waals surface area contributed by atoms with Crippen LogP contribution in [0.25, 0.3) is 16.9 Å². The maximum absolute atomic E-state index is 12.6. The smallest absolute Gasteiger partial charge is 0.251 e. The number of aliphatic hydroxyl groups is 1.